The van der Waals surface area contributed by atoms with Crippen LogP contribution in [0.2, 0.25) is 0 Å². The third-order valence-electron chi connectivity index (χ3n) is 3.80. The van der Waals surface area contributed by atoms with Crippen LogP contribution in [0.4, 0.5) is 5.69 Å². The lowest BCUT2D eigenvalue weighted by molar-refractivity contribution is -0.484. The minimum absolute atomic E-state index is 0.453. The number of aromatic nitrogens is 1. The second-order valence-electron chi connectivity index (χ2n) is 5.07. The normalized spacial score (nSPS) is 21.0. The first kappa shape index (κ1) is 14.5. The van der Waals surface area contributed by atoms with Crippen molar-refractivity contribution in [3.63, 3.8) is 0 Å². The molecule has 3 rings (SSSR count). The van der Waals surface area contributed by atoms with Gasteiger partial charge in [-0.2, -0.15) is 0 Å². The molecule has 2 atom stereocenters. The lowest BCUT2D eigenvalue weighted by Gasteiger charge is -2.27. The summed E-state index contributed by atoms with van der Waals surface area (Å²) in [5.41, 5.74) is 1.69. The van der Waals surface area contributed by atoms with Crippen molar-refractivity contribution in [1.29, 1.82) is 0 Å². The van der Waals surface area contributed by atoms with Gasteiger partial charge in [0.15, 0.2) is 4.87 Å². The van der Waals surface area contributed by atoms with Gasteiger partial charge in [-0.3, -0.25) is 19.9 Å². The van der Waals surface area contributed by atoms with Gasteiger partial charge in [-0.25, -0.2) is 0 Å². The molecule has 1 aromatic heterocycles. The number of nitrogens with zero attached hydrogens (tertiary/aromatic N) is 2. The molecule has 0 aliphatic carbocycles. The number of alkyl halides is 1. The van der Waals surface area contributed by atoms with E-state index in [0.29, 0.717) is 16.8 Å². The molecule has 0 fully saturated rings. The number of carbonyl (C=O) groups excluding carboxylic acids is 1. The molecular weight excluding hydrogens is 306 g/mol. The second-order valence-corrected chi connectivity index (χ2v) is 5.66. The molecule has 112 valence electrons. The average molecular weight is 318 g/mol. The molecule has 22 heavy (non-hydrogen) atoms. The molecule has 0 spiro atoms. The summed E-state index contributed by atoms with van der Waals surface area (Å²) in [6.07, 6.45) is 3.07. The fourth-order valence-electron chi connectivity index (χ4n) is 2.78. The van der Waals surface area contributed by atoms with E-state index in [4.69, 9.17) is 11.6 Å². The zero-order chi connectivity index (χ0) is 15.7. The number of fused-ring (bicyclic) bond motifs is 1. The molecule has 1 N–H and O–H groups in total. The van der Waals surface area contributed by atoms with E-state index in [1.54, 1.807) is 42.6 Å². The Morgan fingerprint density at radius 3 is 2.77 bits per heavy atom. The lowest BCUT2D eigenvalue weighted by atomic mass is 9.82. The van der Waals surface area contributed by atoms with Gasteiger partial charge in [0.05, 0.1) is 5.92 Å². The standard InChI is InChI=1S/C15H12ClN3O3/c16-15(11-5-1-2-6-13(11)18-14(15)20)12(9-19(21)22)10-4-3-7-17-8-10/h1-8,12H,9H2,(H,18,20)/t12-,15+/m1/s1. The van der Waals surface area contributed by atoms with E-state index in [-0.39, 0.29) is 0 Å². The zero-order valence-corrected chi connectivity index (χ0v) is 12.2. The number of halogens is 1. The highest BCUT2D eigenvalue weighted by molar-refractivity contribution is 6.39. The summed E-state index contributed by atoms with van der Waals surface area (Å²) in [5.74, 6) is -1.27. The van der Waals surface area contributed by atoms with Gasteiger partial charge in [-0.05, 0) is 17.7 Å². The molecule has 1 amide bonds. The summed E-state index contributed by atoms with van der Waals surface area (Å²) in [4.78, 5) is 25.6. The first-order chi connectivity index (χ1) is 10.5. The zero-order valence-electron chi connectivity index (χ0n) is 11.4. The van der Waals surface area contributed by atoms with E-state index < -0.39 is 28.2 Å². The van der Waals surface area contributed by atoms with E-state index >= 15 is 0 Å². The summed E-state index contributed by atoms with van der Waals surface area (Å²) >= 11 is 6.65. The van der Waals surface area contributed by atoms with Crippen molar-refractivity contribution in [2.24, 2.45) is 0 Å². The first-order valence-corrected chi connectivity index (χ1v) is 7.03. The Labute approximate surface area is 131 Å². The lowest BCUT2D eigenvalue weighted by Crippen LogP contribution is -2.38. The van der Waals surface area contributed by atoms with E-state index in [2.05, 4.69) is 10.3 Å². The molecule has 0 saturated heterocycles. The molecule has 0 radical (unpaired) electrons. The van der Waals surface area contributed by atoms with Gasteiger partial charge in [-0.15, -0.1) is 11.6 Å². The monoisotopic (exact) mass is 317 g/mol. The van der Waals surface area contributed by atoms with Crippen molar-refractivity contribution in [2.45, 2.75) is 10.8 Å². The largest absolute Gasteiger partial charge is 0.324 e. The van der Waals surface area contributed by atoms with Crippen LogP contribution in [-0.2, 0) is 9.67 Å². The number of benzene rings is 1. The average Bonchev–Trinajstić information content (AvgIpc) is 2.78. The smallest absolute Gasteiger partial charge is 0.251 e. The molecule has 1 aliphatic rings. The molecule has 0 saturated carbocycles. The molecule has 1 aromatic carbocycles. The molecule has 0 unspecified atom stereocenters. The van der Waals surface area contributed by atoms with Gasteiger partial charge < -0.3 is 5.32 Å². The highest BCUT2D eigenvalue weighted by Gasteiger charge is 2.53. The summed E-state index contributed by atoms with van der Waals surface area (Å²) < 4.78 is 0. The van der Waals surface area contributed by atoms with Crippen molar-refractivity contribution in [3.05, 3.63) is 70.0 Å². The summed E-state index contributed by atoms with van der Waals surface area (Å²) in [5, 5.41) is 13.8. The van der Waals surface area contributed by atoms with E-state index in [1.165, 1.54) is 6.20 Å². The third kappa shape index (κ3) is 2.21. The van der Waals surface area contributed by atoms with Crippen LogP contribution < -0.4 is 5.32 Å². The van der Waals surface area contributed by atoms with Crippen LogP contribution in [0.15, 0.2) is 48.8 Å². The van der Waals surface area contributed by atoms with Crippen LogP contribution in [0.25, 0.3) is 0 Å². The maximum absolute atomic E-state index is 12.5. The number of pyridine rings is 1. The van der Waals surface area contributed by atoms with Crippen LogP contribution in [-0.4, -0.2) is 22.4 Å². The molecule has 7 heteroatoms. The molecule has 6 nitrogen and oxygen atoms in total. The number of amides is 1. The fraction of sp³-hybridized carbons (Fsp3) is 0.200. The van der Waals surface area contributed by atoms with Gasteiger partial charge in [0, 0.05) is 28.6 Å². The van der Waals surface area contributed by atoms with E-state index in [1.807, 2.05) is 0 Å². The Hall–Kier alpha value is -2.47. The first-order valence-electron chi connectivity index (χ1n) is 6.65. The number of anilines is 1. The number of para-hydroxylation sites is 1. The van der Waals surface area contributed by atoms with Crippen LogP contribution in [0.3, 0.4) is 0 Å². The van der Waals surface area contributed by atoms with Crippen LogP contribution in [0.1, 0.15) is 17.0 Å². The van der Waals surface area contributed by atoms with Crippen molar-refractivity contribution in [1.82, 2.24) is 4.98 Å². The van der Waals surface area contributed by atoms with Crippen LogP contribution in [0.5, 0.6) is 0 Å². The summed E-state index contributed by atoms with van der Waals surface area (Å²) in [6, 6.07) is 10.3. The minimum Gasteiger partial charge on any atom is -0.324 e. The van der Waals surface area contributed by atoms with Crippen molar-refractivity contribution in [3.8, 4) is 0 Å². The molecule has 2 heterocycles. The molecule has 1 aliphatic heterocycles. The van der Waals surface area contributed by atoms with Gasteiger partial charge in [-0.1, -0.05) is 24.3 Å². The van der Waals surface area contributed by atoms with Crippen molar-refractivity contribution >= 4 is 23.2 Å². The van der Waals surface area contributed by atoms with Crippen molar-refractivity contribution in [2.75, 3.05) is 11.9 Å². The highest BCUT2D eigenvalue weighted by Crippen LogP contribution is 2.50. The van der Waals surface area contributed by atoms with Crippen LogP contribution in [0, 0.1) is 10.1 Å². The third-order valence-corrected chi connectivity index (χ3v) is 4.43. The highest BCUT2D eigenvalue weighted by atomic mass is 35.5. The summed E-state index contributed by atoms with van der Waals surface area (Å²) in [6.45, 7) is -0.461. The van der Waals surface area contributed by atoms with Gasteiger partial charge in [0.25, 0.3) is 5.91 Å². The van der Waals surface area contributed by atoms with Gasteiger partial charge in [0.2, 0.25) is 6.54 Å². The topological polar surface area (TPSA) is 85.1 Å². The van der Waals surface area contributed by atoms with Crippen molar-refractivity contribution < 1.29 is 9.72 Å². The Morgan fingerprint density at radius 1 is 1.32 bits per heavy atom. The number of carbonyl (C=O) groups is 1. The maximum Gasteiger partial charge on any atom is 0.251 e. The number of hydrogen-bond donors (Lipinski definition) is 1. The number of nitro groups is 1. The Kier molecular flexibility index (Phi) is 3.54. The number of rotatable bonds is 4. The maximum atomic E-state index is 12.5. The SMILES string of the molecule is O=C1Nc2ccccc2[C@]1(Cl)[C@H](C[N+](=O)[O-])c1cccnc1. The minimum atomic E-state index is -1.52. The number of hydrogen-bond acceptors (Lipinski definition) is 4. The second kappa shape index (κ2) is 5.38. The predicted octanol–water partition coefficient (Wildman–Crippen LogP) is 2.53. The summed E-state index contributed by atoms with van der Waals surface area (Å²) in [7, 11) is 0. The van der Waals surface area contributed by atoms with E-state index in [0.717, 1.165) is 0 Å². The Bertz CT molecular complexity index is 738. The van der Waals surface area contributed by atoms with Gasteiger partial charge >= 0.3 is 0 Å². The van der Waals surface area contributed by atoms with Crippen LogP contribution >= 0.6 is 11.6 Å². The van der Waals surface area contributed by atoms with Gasteiger partial charge in [0.1, 0.15) is 0 Å². The quantitative estimate of drug-likeness (QED) is 0.533. The number of nitrogens with one attached hydrogen (secondary N) is 1. The Balaban J connectivity index is 2.15. The fourth-order valence-corrected chi connectivity index (χ4v) is 3.19. The Morgan fingerprint density at radius 2 is 2.09 bits per heavy atom. The molecule has 2 aromatic rings. The van der Waals surface area contributed by atoms with E-state index in [9.17, 15) is 14.9 Å². The molecular formula is C15H12ClN3O3. The predicted molar refractivity (Wildman–Crippen MR) is 81.4 cm³/mol. The molecule has 0 bridgehead atoms.